The number of rotatable bonds is 4. The molecule has 100 valence electrons. The summed E-state index contributed by atoms with van der Waals surface area (Å²) in [5.74, 6) is -1.39. The van der Waals surface area contributed by atoms with Gasteiger partial charge >= 0.3 is 5.97 Å². The summed E-state index contributed by atoms with van der Waals surface area (Å²) < 4.78 is 40.0. The minimum atomic E-state index is -3.95. The van der Waals surface area contributed by atoms with Crippen LogP contribution in [-0.2, 0) is 19.6 Å². The molecule has 18 heavy (non-hydrogen) atoms. The minimum Gasteiger partial charge on any atom is -0.467 e. The molecule has 0 bridgehead atoms. The van der Waals surface area contributed by atoms with Crippen molar-refractivity contribution in [1.29, 1.82) is 0 Å². The molecule has 0 spiro atoms. The lowest BCUT2D eigenvalue weighted by atomic mass is 10.2. The van der Waals surface area contributed by atoms with E-state index < -0.39 is 27.9 Å². The van der Waals surface area contributed by atoms with Gasteiger partial charge in [0.15, 0.2) is 0 Å². The Balaban J connectivity index is 2.97. The van der Waals surface area contributed by atoms with Crippen molar-refractivity contribution in [3.05, 3.63) is 24.0 Å². The van der Waals surface area contributed by atoms with Crippen molar-refractivity contribution in [2.45, 2.75) is 17.9 Å². The fourth-order valence-corrected chi connectivity index (χ4v) is 1.78. The zero-order chi connectivity index (χ0) is 13.9. The third kappa shape index (κ3) is 3.41. The van der Waals surface area contributed by atoms with Crippen LogP contribution in [0.4, 0.5) is 10.1 Å². The lowest BCUT2D eigenvalue weighted by molar-refractivity contribution is -0.141. The molecular formula is C10H13FN2O4S. The number of hydrogen-bond donors (Lipinski definition) is 2. The number of primary sulfonamides is 1. The van der Waals surface area contributed by atoms with E-state index in [1.54, 1.807) is 0 Å². The Morgan fingerprint density at radius 1 is 1.50 bits per heavy atom. The standard InChI is InChI=1S/C10H13FN2O4S/c1-6(10(14)17-2)13-9-4-3-7(5-8(9)11)18(12,15)16/h3-6,13H,1-2H3,(H2,12,15,16). The maximum absolute atomic E-state index is 13.6. The predicted molar refractivity (Wildman–Crippen MR) is 62.9 cm³/mol. The number of methoxy groups -OCH3 is 1. The van der Waals surface area contributed by atoms with Gasteiger partial charge in [-0.15, -0.1) is 0 Å². The molecule has 1 rings (SSSR count). The fraction of sp³-hybridized carbons (Fsp3) is 0.300. The van der Waals surface area contributed by atoms with Gasteiger partial charge in [-0.05, 0) is 25.1 Å². The summed E-state index contributed by atoms with van der Waals surface area (Å²) in [5, 5.41) is 7.41. The van der Waals surface area contributed by atoms with E-state index in [0.29, 0.717) is 0 Å². The third-order valence-electron chi connectivity index (χ3n) is 2.20. The van der Waals surface area contributed by atoms with Gasteiger partial charge in [0.05, 0.1) is 17.7 Å². The number of benzene rings is 1. The first kappa shape index (κ1) is 14.4. The van der Waals surface area contributed by atoms with Crippen LogP contribution >= 0.6 is 0 Å². The van der Waals surface area contributed by atoms with Crippen molar-refractivity contribution in [2.24, 2.45) is 5.14 Å². The average molecular weight is 276 g/mol. The van der Waals surface area contributed by atoms with Gasteiger partial charge in [0.2, 0.25) is 10.0 Å². The highest BCUT2D eigenvalue weighted by atomic mass is 32.2. The predicted octanol–water partition coefficient (Wildman–Crippen LogP) is 0.447. The van der Waals surface area contributed by atoms with Crippen LogP contribution in [0.1, 0.15) is 6.92 Å². The Hall–Kier alpha value is -1.67. The number of carbonyl (C=O) groups is 1. The third-order valence-corrected chi connectivity index (χ3v) is 3.11. The molecule has 3 N–H and O–H groups in total. The molecule has 0 aliphatic carbocycles. The molecule has 0 fully saturated rings. The Labute approximate surface area is 104 Å². The topological polar surface area (TPSA) is 98.5 Å². The van der Waals surface area contributed by atoms with Crippen molar-refractivity contribution in [3.63, 3.8) is 0 Å². The summed E-state index contributed by atoms with van der Waals surface area (Å²) in [6.07, 6.45) is 0. The highest BCUT2D eigenvalue weighted by Crippen LogP contribution is 2.19. The lowest BCUT2D eigenvalue weighted by Crippen LogP contribution is -2.27. The monoisotopic (exact) mass is 276 g/mol. The van der Waals surface area contributed by atoms with E-state index in [9.17, 15) is 17.6 Å². The van der Waals surface area contributed by atoms with E-state index in [1.165, 1.54) is 20.1 Å². The van der Waals surface area contributed by atoms with Gasteiger partial charge in [-0.3, -0.25) is 0 Å². The first-order chi connectivity index (χ1) is 8.25. The fourth-order valence-electron chi connectivity index (χ4n) is 1.26. The number of nitrogens with one attached hydrogen (secondary N) is 1. The SMILES string of the molecule is COC(=O)C(C)Nc1ccc(S(N)(=O)=O)cc1F. The second kappa shape index (κ2) is 5.32. The van der Waals surface area contributed by atoms with Crippen LogP contribution in [0.2, 0.25) is 0 Å². The molecule has 0 saturated carbocycles. The van der Waals surface area contributed by atoms with Crippen LogP contribution in [0.3, 0.4) is 0 Å². The molecule has 0 aliphatic heterocycles. The molecule has 1 atom stereocenters. The van der Waals surface area contributed by atoms with Crippen LogP contribution in [0.15, 0.2) is 23.1 Å². The Bertz CT molecular complexity index is 559. The minimum absolute atomic E-state index is 0.0136. The summed E-state index contributed by atoms with van der Waals surface area (Å²) in [5.41, 5.74) is -0.0136. The quantitative estimate of drug-likeness (QED) is 0.778. The number of hydrogen-bond acceptors (Lipinski definition) is 5. The van der Waals surface area contributed by atoms with E-state index in [2.05, 4.69) is 10.1 Å². The van der Waals surface area contributed by atoms with Gasteiger partial charge in [-0.25, -0.2) is 22.7 Å². The highest BCUT2D eigenvalue weighted by molar-refractivity contribution is 7.89. The molecule has 0 aliphatic rings. The number of anilines is 1. The molecule has 0 amide bonds. The van der Waals surface area contributed by atoms with Gasteiger partial charge in [0.1, 0.15) is 11.9 Å². The van der Waals surface area contributed by atoms with Crippen LogP contribution in [0.5, 0.6) is 0 Å². The van der Waals surface area contributed by atoms with E-state index in [-0.39, 0.29) is 10.6 Å². The van der Waals surface area contributed by atoms with E-state index in [0.717, 1.165) is 12.1 Å². The van der Waals surface area contributed by atoms with Crippen LogP contribution in [0.25, 0.3) is 0 Å². The molecule has 1 unspecified atom stereocenters. The number of halogens is 1. The summed E-state index contributed by atoms with van der Waals surface area (Å²) in [6.45, 7) is 1.48. The van der Waals surface area contributed by atoms with E-state index in [1.807, 2.05) is 0 Å². The van der Waals surface area contributed by atoms with Crippen LogP contribution in [0, 0.1) is 5.82 Å². The smallest absolute Gasteiger partial charge is 0.327 e. The molecule has 8 heteroatoms. The van der Waals surface area contributed by atoms with Crippen molar-refractivity contribution in [3.8, 4) is 0 Å². The zero-order valence-corrected chi connectivity index (χ0v) is 10.6. The normalized spacial score (nSPS) is 12.9. The first-order valence-corrected chi connectivity index (χ1v) is 6.47. The molecule has 0 aromatic heterocycles. The maximum Gasteiger partial charge on any atom is 0.327 e. The summed E-state index contributed by atoms with van der Waals surface area (Å²) >= 11 is 0. The highest BCUT2D eigenvalue weighted by Gasteiger charge is 2.16. The van der Waals surface area contributed by atoms with Gasteiger partial charge < -0.3 is 10.1 Å². The second-order valence-electron chi connectivity index (χ2n) is 3.58. The number of nitrogens with two attached hydrogens (primary N) is 1. The molecular weight excluding hydrogens is 263 g/mol. The van der Waals surface area contributed by atoms with Gasteiger partial charge in [-0.2, -0.15) is 0 Å². The van der Waals surface area contributed by atoms with Gasteiger partial charge in [0.25, 0.3) is 0 Å². The lowest BCUT2D eigenvalue weighted by Gasteiger charge is -2.13. The van der Waals surface area contributed by atoms with Crippen molar-refractivity contribution in [2.75, 3.05) is 12.4 Å². The molecule has 6 nitrogen and oxygen atoms in total. The van der Waals surface area contributed by atoms with E-state index in [4.69, 9.17) is 5.14 Å². The Kier molecular flexibility index (Phi) is 4.25. The zero-order valence-electron chi connectivity index (χ0n) is 9.81. The first-order valence-electron chi connectivity index (χ1n) is 4.92. The Morgan fingerprint density at radius 3 is 2.56 bits per heavy atom. The van der Waals surface area contributed by atoms with Crippen molar-refractivity contribution >= 4 is 21.7 Å². The molecule has 1 aromatic carbocycles. The van der Waals surface area contributed by atoms with Gasteiger partial charge in [-0.1, -0.05) is 0 Å². The molecule has 0 radical (unpaired) electrons. The van der Waals surface area contributed by atoms with E-state index >= 15 is 0 Å². The average Bonchev–Trinajstić information content (AvgIpc) is 2.29. The number of sulfonamides is 1. The molecule has 1 aromatic rings. The van der Waals surface area contributed by atoms with Gasteiger partial charge in [0, 0.05) is 0 Å². The number of ether oxygens (including phenoxy) is 1. The number of carbonyl (C=O) groups excluding carboxylic acids is 1. The molecule has 0 saturated heterocycles. The summed E-state index contributed by atoms with van der Waals surface area (Å²) in [4.78, 5) is 10.8. The van der Waals surface area contributed by atoms with Crippen molar-refractivity contribution in [1.82, 2.24) is 0 Å². The molecule has 0 heterocycles. The largest absolute Gasteiger partial charge is 0.467 e. The summed E-state index contributed by atoms with van der Waals surface area (Å²) in [7, 11) is -2.74. The van der Waals surface area contributed by atoms with Crippen LogP contribution in [-0.4, -0.2) is 27.5 Å². The van der Waals surface area contributed by atoms with Crippen molar-refractivity contribution < 1.29 is 22.3 Å². The summed E-state index contributed by atoms with van der Waals surface area (Å²) in [6, 6.07) is 2.35. The van der Waals surface area contributed by atoms with Crippen LogP contribution < -0.4 is 10.5 Å². The Morgan fingerprint density at radius 2 is 2.11 bits per heavy atom. The number of esters is 1. The maximum atomic E-state index is 13.6. The second-order valence-corrected chi connectivity index (χ2v) is 5.14.